The largest absolute Gasteiger partial charge is 0.504 e. The Bertz CT molecular complexity index is 455. The molecule has 1 unspecified atom stereocenters. The number of carbonyl (C=O) groups excluding carboxylic acids is 1. The van der Waals surface area contributed by atoms with Gasteiger partial charge in [0.05, 0.1) is 6.54 Å². The number of para-hydroxylation sites is 1. The van der Waals surface area contributed by atoms with Crippen molar-refractivity contribution in [2.45, 2.75) is 5.54 Å². The summed E-state index contributed by atoms with van der Waals surface area (Å²) in [5.74, 6) is 0. The van der Waals surface area contributed by atoms with Crippen LogP contribution in [-0.2, 0) is 18.0 Å². The standard InChI is InChI=1S/C10H9N3OS/c14-9-12-10(6-13(9)15)5-11-8-4-2-1-3-7(8)10/h1-4,11H,5-6H2/p+1. The van der Waals surface area contributed by atoms with Gasteiger partial charge in [-0.1, -0.05) is 18.2 Å². The lowest BCUT2D eigenvalue weighted by molar-refractivity contribution is -0.385. The van der Waals surface area contributed by atoms with Crippen LogP contribution in [0, 0.1) is 0 Å². The minimum Gasteiger partial charge on any atom is -0.380 e. The molecule has 1 aromatic carbocycles. The average Bonchev–Trinajstić information content (AvgIpc) is 2.72. The molecule has 0 aromatic heterocycles. The van der Waals surface area contributed by atoms with Crippen molar-refractivity contribution >= 4 is 24.1 Å². The van der Waals surface area contributed by atoms with Crippen LogP contribution in [0.3, 0.4) is 0 Å². The van der Waals surface area contributed by atoms with Crippen molar-refractivity contribution in [1.29, 1.82) is 0 Å². The molecule has 5 heteroatoms. The van der Waals surface area contributed by atoms with E-state index in [2.05, 4.69) is 10.6 Å². The van der Waals surface area contributed by atoms with Crippen molar-refractivity contribution in [2.24, 2.45) is 0 Å². The summed E-state index contributed by atoms with van der Waals surface area (Å²) in [6, 6.07) is 7.83. The van der Waals surface area contributed by atoms with Gasteiger partial charge in [0.15, 0.2) is 12.1 Å². The Morgan fingerprint density at radius 2 is 2.20 bits per heavy atom. The molecule has 2 aliphatic rings. The number of urea groups is 1. The van der Waals surface area contributed by atoms with E-state index in [1.54, 1.807) is 0 Å². The predicted molar refractivity (Wildman–Crippen MR) is 57.6 cm³/mol. The third-order valence-corrected chi connectivity index (χ3v) is 3.30. The van der Waals surface area contributed by atoms with E-state index >= 15 is 0 Å². The fraction of sp³-hybridized carbons (Fsp3) is 0.300. The zero-order valence-electron chi connectivity index (χ0n) is 7.99. The highest BCUT2D eigenvalue weighted by atomic mass is 32.1. The van der Waals surface area contributed by atoms with Crippen molar-refractivity contribution in [3.63, 3.8) is 0 Å². The Hall–Kier alpha value is -1.49. The molecule has 1 spiro atoms. The van der Waals surface area contributed by atoms with Crippen LogP contribution < -0.4 is 10.6 Å². The van der Waals surface area contributed by atoms with Gasteiger partial charge < -0.3 is 5.32 Å². The molecule has 1 atom stereocenters. The molecule has 2 amide bonds. The Balaban J connectivity index is 2.11. The quantitative estimate of drug-likeness (QED) is 0.635. The molecule has 2 heterocycles. The van der Waals surface area contributed by atoms with Crippen LogP contribution in [0.1, 0.15) is 5.56 Å². The number of nitrogens with one attached hydrogen (secondary N) is 2. The molecule has 3 rings (SSSR count). The molecule has 0 radical (unpaired) electrons. The Labute approximate surface area is 92.4 Å². The summed E-state index contributed by atoms with van der Waals surface area (Å²) in [4.78, 5) is 11.4. The molecule has 1 fully saturated rings. The molecule has 15 heavy (non-hydrogen) atoms. The molecule has 2 N–H and O–H groups in total. The predicted octanol–water partition coefficient (Wildman–Crippen LogP) is 0.774. The van der Waals surface area contributed by atoms with Crippen LogP contribution in [-0.4, -0.2) is 23.1 Å². The number of anilines is 1. The number of benzene rings is 1. The molecule has 4 nitrogen and oxygen atoms in total. The zero-order chi connectivity index (χ0) is 10.5. The van der Waals surface area contributed by atoms with E-state index in [0.717, 1.165) is 11.3 Å². The van der Waals surface area contributed by atoms with Gasteiger partial charge in [0.25, 0.3) is 0 Å². The van der Waals surface area contributed by atoms with Crippen LogP contribution in [0.15, 0.2) is 24.3 Å². The van der Waals surface area contributed by atoms with E-state index in [1.165, 1.54) is 3.95 Å². The molecule has 0 bridgehead atoms. The van der Waals surface area contributed by atoms with Crippen LogP contribution in [0.2, 0.25) is 0 Å². The summed E-state index contributed by atoms with van der Waals surface area (Å²) in [7, 11) is 0. The SMILES string of the molecule is O=C1NC2(CNc3ccccc32)C[N+]1=S. The number of nitrogens with zero attached hydrogens (tertiary/aromatic N) is 1. The number of hydrogen-bond donors (Lipinski definition) is 2. The van der Waals surface area contributed by atoms with Gasteiger partial charge in [-0.2, -0.15) is 4.79 Å². The van der Waals surface area contributed by atoms with Gasteiger partial charge in [-0.05, 0) is 6.07 Å². The summed E-state index contributed by atoms with van der Waals surface area (Å²) < 4.78 is 1.31. The topological polar surface area (TPSA) is 44.1 Å². The molecule has 1 saturated heterocycles. The summed E-state index contributed by atoms with van der Waals surface area (Å²) in [5.41, 5.74) is 1.89. The maximum Gasteiger partial charge on any atom is 0.504 e. The maximum absolute atomic E-state index is 11.4. The van der Waals surface area contributed by atoms with Crippen molar-refractivity contribution in [1.82, 2.24) is 5.32 Å². The third-order valence-electron chi connectivity index (χ3n) is 3.01. The van der Waals surface area contributed by atoms with Crippen LogP contribution in [0.25, 0.3) is 0 Å². The van der Waals surface area contributed by atoms with E-state index < -0.39 is 0 Å². The summed E-state index contributed by atoms with van der Waals surface area (Å²) in [5, 5.41) is 6.24. The number of carbonyl (C=O) groups is 1. The van der Waals surface area contributed by atoms with Gasteiger partial charge >= 0.3 is 6.03 Å². The highest BCUT2D eigenvalue weighted by Crippen LogP contribution is 2.36. The van der Waals surface area contributed by atoms with Gasteiger partial charge in [-0.3, -0.25) is 0 Å². The molecule has 0 saturated carbocycles. The molecule has 1 aromatic rings. The van der Waals surface area contributed by atoms with Gasteiger partial charge in [-0.15, -0.1) is 3.95 Å². The number of hydrogen-bond acceptors (Lipinski definition) is 3. The van der Waals surface area contributed by atoms with Crippen molar-refractivity contribution in [3.8, 4) is 0 Å². The van der Waals surface area contributed by atoms with Crippen molar-refractivity contribution in [2.75, 3.05) is 18.4 Å². The van der Waals surface area contributed by atoms with Crippen LogP contribution in [0.5, 0.6) is 0 Å². The lowest BCUT2D eigenvalue weighted by atomic mass is 9.93. The normalized spacial score (nSPS) is 27.7. The van der Waals surface area contributed by atoms with Gasteiger partial charge in [0, 0.05) is 11.3 Å². The lowest BCUT2D eigenvalue weighted by Crippen LogP contribution is -2.42. The smallest absolute Gasteiger partial charge is 0.380 e. The first kappa shape index (κ1) is 8.79. The second-order valence-electron chi connectivity index (χ2n) is 3.95. The summed E-state index contributed by atoms with van der Waals surface area (Å²) >= 11 is 4.96. The Morgan fingerprint density at radius 3 is 2.93 bits per heavy atom. The highest BCUT2D eigenvalue weighted by Gasteiger charge is 2.53. The fourth-order valence-electron chi connectivity index (χ4n) is 2.27. The first-order valence-corrected chi connectivity index (χ1v) is 5.18. The van der Waals surface area contributed by atoms with E-state index in [0.29, 0.717) is 13.1 Å². The number of amides is 2. The third kappa shape index (κ3) is 1.10. The monoisotopic (exact) mass is 220 g/mol. The fourth-order valence-corrected chi connectivity index (χ4v) is 2.54. The Kier molecular flexibility index (Phi) is 1.62. The minimum atomic E-state index is -0.324. The average molecular weight is 220 g/mol. The van der Waals surface area contributed by atoms with Crippen LogP contribution in [0.4, 0.5) is 10.5 Å². The van der Waals surface area contributed by atoms with Crippen molar-refractivity contribution in [3.05, 3.63) is 29.8 Å². The van der Waals surface area contributed by atoms with Crippen molar-refractivity contribution < 1.29 is 8.74 Å². The second-order valence-corrected chi connectivity index (χ2v) is 4.39. The molecule has 2 aliphatic heterocycles. The lowest BCUT2D eigenvalue weighted by Gasteiger charge is -2.14. The number of rotatable bonds is 0. The molecular weight excluding hydrogens is 210 g/mol. The van der Waals surface area contributed by atoms with E-state index in [-0.39, 0.29) is 11.6 Å². The van der Waals surface area contributed by atoms with E-state index in [9.17, 15) is 4.79 Å². The Morgan fingerprint density at radius 1 is 1.40 bits per heavy atom. The minimum absolute atomic E-state index is 0.177. The van der Waals surface area contributed by atoms with Gasteiger partial charge in [0.1, 0.15) is 12.4 Å². The second kappa shape index (κ2) is 2.76. The summed E-state index contributed by atoms with van der Waals surface area (Å²) in [6.07, 6.45) is 0. The molecular formula is C10H10N3OS+. The molecule has 0 aliphatic carbocycles. The highest BCUT2D eigenvalue weighted by molar-refractivity contribution is 7.44. The van der Waals surface area contributed by atoms with Gasteiger partial charge in [-0.25, -0.2) is 5.32 Å². The zero-order valence-corrected chi connectivity index (χ0v) is 8.80. The maximum atomic E-state index is 11.4. The van der Waals surface area contributed by atoms with Gasteiger partial charge in [0.2, 0.25) is 0 Å². The number of fused-ring (bicyclic) bond motifs is 2. The molecule has 76 valence electrons. The van der Waals surface area contributed by atoms with E-state index in [1.807, 2.05) is 24.3 Å². The first-order chi connectivity index (χ1) is 7.21. The van der Waals surface area contributed by atoms with E-state index in [4.69, 9.17) is 12.4 Å². The summed E-state index contributed by atoms with van der Waals surface area (Å²) in [6.45, 7) is 1.26. The van der Waals surface area contributed by atoms with Crippen LogP contribution >= 0.6 is 0 Å². The first-order valence-electron chi connectivity index (χ1n) is 4.81.